The lowest BCUT2D eigenvalue weighted by Gasteiger charge is -2.04. The first-order valence-corrected chi connectivity index (χ1v) is 4.16. The van der Waals surface area contributed by atoms with Crippen molar-refractivity contribution in [2.45, 2.75) is 19.1 Å². The number of carboxylic acid groups (broad SMARTS) is 2. The Bertz CT molecular complexity index is 290. The van der Waals surface area contributed by atoms with Crippen molar-refractivity contribution < 1.29 is 32.8 Å². The number of aliphatic carboxylic acids is 2. The van der Waals surface area contributed by atoms with Crippen LogP contribution in [0.25, 0.3) is 0 Å². The lowest BCUT2D eigenvalue weighted by Crippen LogP contribution is -2.31. The van der Waals surface area contributed by atoms with Crippen LogP contribution in [0.5, 0.6) is 0 Å². The van der Waals surface area contributed by atoms with Crippen LogP contribution in [0.1, 0.15) is 13.8 Å². The largest absolute Gasteiger partial charge is 0.481 e. The molecular formula is C5H10O7S. The molecule has 0 aliphatic heterocycles. The van der Waals surface area contributed by atoms with E-state index in [-0.39, 0.29) is 7.43 Å². The summed E-state index contributed by atoms with van der Waals surface area (Å²) in [5.74, 6) is -3.50. The third-order valence-electron chi connectivity index (χ3n) is 0.995. The smallest absolute Gasteiger partial charge is 0.325 e. The van der Waals surface area contributed by atoms with E-state index in [1.165, 1.54) is 0 Å². The highest BCUT2D eigenvalue weighted by molar-refractivity contribution is 7.87. The molecule has 0 saturated heterocycles. The molecule has 0 aromatic carbocycles. The minimum atomic E-state index is -4.84. The molecule has 13 heavy (non-hydrogen) atoms. The summed E-state index contributed by atoms with van der Waals surface area (Å²) in [4.78, 5) is 20.0. The topological polar surface area (TPSA) is 129 Å². The van der Waals surface area contributed by atoms with Gasteiger partial charge in [-0.25, -0.2) is 0 Å². The Labute approximate surface area is 74.7 Å². The molecule has 0 rings (SSSR count). The van der Waals surface area contributed by atoms with Gasteiger partial charge < -0.3 is 10.2 Å². The molecule has 0 aromatic heterocycles. The summed E-state index contributed by atoms with van der Waals surface area (Å²) in [5.41, 5.74) is 0. The first kappa shape index (κ1) is 14.4. The standard InChI is InChI=1S/C4H6O7S.CH4/c5-3(6)1-2(4(7)8)12(9,10)11;/h2H,1H2,(H,5,6)(H,7,8)(H,9,10,11);1H4. The van der Waals surface area contributed by atoms with E-state index in [4.69, 9.17) is 14.8 Å². The average molecular weight is 214 g/mol. The maximum absolute atomic E-state index is 10.2. The van der Waals surface area contributed by atoms with Crippen LogP contribution in [-0.4, -0.2) is 40.4 Å². The van der Waals surface area contributed by atoms with Crippen LogP contribution in [0, 0.1) is 0 Å². The molecule has 0 saturated carbocycles. The fourth-order valence-electron chi connectivity index (χ4n) is 0.479. The highest BCUT2D eigenvalue weighted by Gasteiger charge is 2.33. The fraction of sp³-hybridized carbons (Fsp3) is 0.600. The first-order chi connectivity index (χ1) is 5.25. The second-order valence-corrected chi connectivity index (χ2v) is 3.54. The molecule has 8 heteroatoms. The van der Waals surface area contributed by atoms with Crippen LogP contribution < -0.4 is 0 Å². The molecule has 0 bridgehead atoms. The van der Waals surface area contributed by atoms with Crippen molar-refractivity contribution in [3.63, 3.8) is 0 Å². The van der Waals surface area contributed by atoms with Crippen molar-refractivity contribution in [1.82, 2.24) is 0 Å². The maximum atomic E-state index is 10.2. The SMILES string of the molecule is C.O=C(O)CC(C(=O)O)S(=O)(=O)O. The van der Waals surface area contributed by atoms with Crippen molar-refractivity contribution in [2.24, 2.45) is 0 Å². The van der Waals surface area contributed by atoms with Gasteiger partial charge in [-0.2, -0.15) is 8.42 Å². The van der Waals surface area contributed by atoms with Gasteiger partial charge in [0.2, 0.25) is 0 Å². The van der Waals surface area contributed by atoms with Gasteiger partial charge in [-0.1, -0.05) is 7.43 Å². The third kappa shape index (κ3) is 5.15. The molecule has 0 amide bonds. The fourth-order valence-corrected chi connectivity index (χ4v) is 1.09. The Balaban J connectivity index is 0. The van der Waals surface area contributed by atoms with Gasteiger partial charge in [-0.3, -0.25) is 14.1 Å². The van der Waals surface area contributed by atoms with Gasteiger partial charge in [-0.15, -0.1) is 0 Å². The third-order valence-corrected chi connectivity index (χ3v) is 2.08. The summed E-state index contributed by atoms with van der Waals surface area (Å²) in [7, 11) is -4.84. The van der Waals surface area contributed by atoms with Crippen molar-refractivity contribution in [2.75, 3.05) is 0 Å². The molecule has 1 unspecified atom stereocenters. The number of carboxylic acids is 2. The molecule has 0 fully saturated rings. The van der Waals surface area contributed by atoms with E-state index in [2.05, 4.69) is 0 Å². The molecule has 0 heterocycles. The predicted molar refractivity (Wildman–Crippen MR) is 42.0 cm³/mol. The van der Waals surface area contributed by atoms with Gasteiger partial charge in [0.25, 0.3) is 10.1 Å². The molecule has 0 spiro atoms. The zero-order valence-electron chi connectivity index (χ0n) is 5.67. The summed E-state index contributed by atoms with van der Waals surface area (Å²) < 4.78 is 28.7. The Morgan fingerprint density at radius 1 is 1.23 bits per heavy atom. The van der Waals surface area contributed by atoms with Crippen LogP contribution in [0.2, 0.25) is 0 Å². The molecular weight excluding hydrogens is 204 g/mol. The Morgan fingerprint density at radius 2 is 1.62 bits per heavy atom. The van der Waals surface area contributed by atoms with Crippen molar-refractivity contribution in [1.29, 1.82) is 0 Å². The van der Waals surface area contributed by atoms with Gasteiger partial charge in [0.05, 0.1) is 6.42 Å². The number of hydrogen-bond acceptors (Lipinski definition) is 4. The minimum Gasteiger partial charge on any atom is -0.481 e. The maximum Gasteiger partial charge on any atom is 0.325 e. The Hall–Kier alpha value is -1.15. The van der Waals surface area contributed by atoms with Gasteiger partial charge in [0, 0.05) is 0 Å². The van der Waals surface area contributed by atoms with Gasteiger partial charge in [-0.05, 0) is 0 Å². The number of rotatable bonds is 4. The summed E-state index contributed by atoms with van der Waals surface area (Å²) in [6, 6.07) is 0. The minimum absolute atomic E-state index is 0. The number of carbonyl (C=O) groups is 2. The molecule has 78 valence electrons. The van der Waals surface area contributed by atoms with Crippen molar-refractivity contribution in [3.05, 3.63) is 0 Å². The summed E-state index contributed by atoms with van der Waals surface area (Å²) in [6.07, 6.45) is -1.16. The normalized spacial score (nSPS) is 12.7. The molecule has 0 aliphatic carbocycles. The van der Waals surface area contributed by atoms with E-state index in [1.54, 1.807) is 0 Å². The molecule has 7 nitrogen and oxygen atoms in total. The lowest BCUT2D eigenvalue weighted by molar-refractivity contribution is -0.143. The summed E-state index contributed by atoms with van der Waals surface area (Å²) in [6.45, 7) is 0. The van der Waals surface area contributed by atoms with Gasteiger partial charge in [0.15, 0.2) is 5.25 Å². The highest BCUT2D eigenvalue weighted by atomic mass is 32.2. The van der Waals surface area contributed by atoms with E-state index in [0.717, 1.165) is 0 Å². The second-order valence-electron chi connectivity index (χ2n) is 1.94. The average Bonchev–Trinajstić information content (AvgIpc) is 1.79. The van der Waals surface area contributed by atoms with Crippen LogP contribution in [0.4, 0.5) is 0 Å². The highest BCUT2D eigenvalue weighted by Crippen LogP contribution is 2.04. The van der Waals surface area contributed by atoms with Crippen LogP contribution in [0.3, 0.4) is 0 Å². The first-order valence-electron chi connectivity index (χ1n) is 2.66. The summed E-state index contributed by atoms with van der Waals surface area (Å²) >= 11 is 0. The van der Waals surface area contributed by atoms with E-state index in [0.29, 0.717) is 0 Å². The zero-order valence-corrected chi connectivity index (χ0v) is 6.48. The molecule has 0 aliphatic rings. The van der Waals surface area contributed by atoms with Gasteiger partial charge in [0.1, 0.15) is 0 Å². The molecule has 3 N–H and O–H groups in total. The van der Waals surface area contributed by atoms with E-state index >= 15 is 0 Å². The van der Waals surface area contributed by atoms with E-state index in [1.807, 2.05) is 0 Å². The summed E-state index contributed by atoms with van der Waals surface area (Å²) in [5, 5.41) is 13.9. The van der Waals surface area contributed by atoms with E-state index in [9.17, 15) is 18.0 Å². The number of hydrogen-bond donors (Lipinski definition) is 3. The second kappa shape index (κ2) is 4.77. The van der Waals surface area contributed by atoms with Crippen LogP contribution in [0.15, 0.2) is 0 Å². The molecule has 0 radical (unpaired) electrons. The molecule has 0 aromatic rings. The van der Waals surface area contributed by atoms with Crippen molar-refractivity contribution >= 4 is 22.1 Å². The Kier molecular flexibility index (Phi) is 5.28. The predicted octanol–water partition coefficient (Wildman–Crippen LogP) is -0.562. The monoisotopic (exact) mass is 214 g/mol. The lowest BCUT2D eigenvalue weighted by atomic mass is 10.3. The quantitative estimate of drug-likeness (QED) is 0.534. The van der Waals surface area contributed by atoms with Crippen LogP contribution >= 0.6 is 0 Å². The van der Waals surface area contributed by atoms with Crippen LogP contribution in [-0.2, 0) is 19.7 Å². The zero-order chi connectivity index (χ0) is 9.94. The molecule has 1 atom stereocenters. The van der Waals surface area contributed by atoms with E-state index < -0.39 is 33.7 Å². The van der Waals surface area contributed by atoms with Gasteiger partial charge >= 0.3 is 11.9 Å². The Morgan fingerprint density at radius 3 is 1.69 bits per heavy atom. The van der Waals surface area contributed by atoms with Crippen molar-refractivity contribution in [3.8, 4) is 0 Å².